The lowest BCUT2D eigenvalue weighted by atomic mass is 9.72. The van der Waals surface area contributed by atoms with Crippen molar-refractivity contribution in [2.45, 2.75) is 43.6 Å². The lowest BCUT2D eigenvalue weighted by Gasteiger charge is -2.48. The van der Waals surface area contributed by atoms with E-state index in [0.29, 0.717) is 6.54 Å². The van der Waals surface area contributed by atoms with Crippen LogP contribution in [0.25, 0.3) is 0 Å². The van der Waals surface area contributed by atoms with Gasteiger partial charge in [-0.25, -0.2) is 5.01 Å². The second kappa shape index (κ2) is 5.40. The monoisotopic (exact) mass is 276 g/mol. The second-order valence-electron chi connectivity index (χ2n) is 5.81. The number of nitrogens with zero attached hydrogens (tertiary/aromatic N) is 2. The summed E-state index contributed by atoms with van der Waals surface area (Å²) in [7, 11) is 0. The highest BCUT2D eigenvalue weighted by atomic mass is 16.5. The van der Waals surface area contributed by atoms with Crippen molar-refractivity contribution in [1.82, 2.24) is 5.01 Å². The van der Waals surface area contributed by atoms with Gasteiger partial charge in [0.15, 0.2) is 0 Å². The van der Waals surface area contributed by atoms with Crippen LogP contribution >= 0.6 is 0 Å². The van der Waals surface area contributed by atoms with E-state index in [1.165, 1.54) is 24.3 Å². The topological polar surface area (TPSA) is 62.1 Å². The first kappa shape index (κ1) is 13.4. The van der Waals surface area contributed by atoms with Crippen molar-refractivity contribution in [2.24, 2.45) is 5.29 Å². The van der Waals surface area contributed by atoms with Gasteiger partial charge in [0.25, 0.3) is 0 Å². The number of ether oxygens (including phenoxy) is 1. The van der Waals surface area contributed by atoms with E-state index >= 15 is 0 Å². The lowest BCUT2D eigenvalue weighted by Crippen LogP contribution is -2.51. The van der Waals surface area contributed by atoms with Gasteiger partial charge in [0.05, 0.1) is 17.4 Å². The number of benzene rings is 1. The minimum Gasteiger partial charge on any atom is -0.508 e. The smallest absolute Gasteiger partial charge is 0.138 e. The molecular weight excluding hydrogens is 256 g/mol. The number of aromatic hydroxyl groups is 1. The van der Waals surface area contributed by atoms with Crippen LogP contribution in [0.3, 0.4) is 0 Å². The highest BCUT2D eigenvalue weighted by Gasteiger charge is 2.45. The van der Waals surface area contributed by atoms with Gasteiger partial charge >= 0.3 is 0 Å². The average Bonchev–Trinajstić information content (AvgIpc) is 2.50. The van der Waals surface area contributed by atoms with Crippen molar-refractivity contribution in [1.29, 1.82) is 0 Å². The molecule has 5 heteroatoms. The number of hydrogen-bond acceptors (Lipinski definition) is 4. The summed E-state index contributed by atoms with van der Waals surface area (Å²) in [6, 6.07) is 7.24. The highest BCUT2D eigenvalue weighted by Crippen LogP contribution is 2.45. The largest absolute Gasteiger partial charge is 0.508 e. The molecule has 0 bridgehead atoms. The fourth-order valence-electron chi connectivity index (χ4n) is 3.55. The quantitative estimate of drug-likeness (QED) is 0.843. The molecule has 1 spiro atoms. The van der Waals surface area contributed by atoms with Gasteiger partial charge in [0, 0.05) is 5.92 Å². The zero-order valence-electron chi connectivity index (χ0n) is 11.5. The van der Waals surface area contributed by atoms with Crippen LogP contribution in [0.15, 0.2) is 29.6 Å². The molecule has 1 unspecified atom stereocenters. The SMILES string of the molecule is O=NN1COC2(CCCCC2)C(c2ccc(O)cc2)C1. The normalized spacial score (nSPS) is 25.6. The summed E-state index contributed by atoms with van der Waals surface area (Å²) in [5, 5.41) is 13.9. The Labute approximate surface area is 118 Å². The third kappa shape index (κ3) is 2.38. The van der Waals surface area contributed by atoms with E-state index < -0.39 is 0 Å². The Balaban J connectivity index is 1.91. The van der Waals surface area contributed by atoms with Gasteiger partial charge < -0.3 is 9.84 Å². The van der Waals surface area contributed by atoms with Gasteiger partial charge in [0.2, 0.25) is 0 Å². The predicted molar refractivity (Wildman–Crippen MR) is 75.1 cm³/mol. The predicted octanol–water partition coefficient (Wildman–Crippen LogP) is 3.15. The molecule has 20 heavy (non-hydrogen) atoms. The standard InChI is InChI=1S/C15H20N2O3/c18-13-6-4-12(5-7-13)14-10-17(16-19)11-20-15(14)8-2-1-3-9-15/h4-7,14,18H,1-3,8-11H2. The maximum absolute atomic E-state index is 10.8. The Morgan fingerprint density at radius 1 is 1.20 bits per heavy atom. The molecule has 1 aromatic rings. The summed E-state index contributed by atoms with van der Waals surface area (Å²) < 4.78 is 6.08. The van der Waals surface area contributed by atoms with E-state index in [2.05, 4.69) is 5.29 Å². The van der Waals surface area contributed by atoms with Gasteiger partial charge in [-0.05, 0) is 30.5 Å². The van der Waals surface area contributed by atoms with E-state index in [-0.39, 0.29) is 24.0 Å². The summed E-state index contributed by atoms with van der Waals surface area (Å²) in [5.74, 6) is 0.392. The molecule has 0 radical (unpaired) electrons. The minimum absolute atomic E-state index is 0.134. The molecule has 5 nitrogen and oxygen atoms in total. The highest BCUT2D eigenvalue weighted by molar-refractivity contribution is 5.31. The Morgan fingerprint density at radius 3 is 2.55 bits per heavy atom. The zero-order valence-corrected chi connectivity index (χ0v) is 11.5. The molecule has 108 valence electrons. The van der Waals surface area contributed by atoms with E-state index in [1.807, 2.05) is 12.1 Å². The summed E-state index contributed by atoms with van der Waals surface area (Å²) >= 11 is 0. The number of phenolic OH excluding ortho intramolecular Hbond substituents is 1. The van der Waals surface area contributed by atoms with Crippen molar-refractivity contribution in [3.63, 3.8) is 0 Å². The number of rotatable bonds is 2. The molecule has 1 saturated heterocycles. The van der Waals surface area contributed by atoms with Crippen LogP contribution < -0.4 is 0 Å². The molecule has 1 N–H and O–H groups in total. The van der Waals surface area contributed by atoms with Gasteiger partial charge in [-0.2, -0.15) is 0 Å². The molecule has 2 aliphatic rings. The van der Waals surface area contributed by atoms with Gasteiger partial charge in [-0.3, -0.25) is 0 Å². The molecule has 1 saturated carbocycles. The van der Waals surface area contributed by atoms with Crippen molar-refractivity contribution in [3.05, 3.63) is 34.7 Å². The molecule has 1 atom stereocenters. The third-order valence-corrected chi connectivity index (χ3v) is 4.64. The Morgan fingerprint density at radius 2 is 1.90 bits per heavy atom. The van der Waals surface area contributed by atoms with Crippen molar-refractivity contribution < 1.29 is 9.84 Å². The first-order valence-corrected chi connectivity index (χ1v) is 7.25. The molecule has 1 aliphatic heterocycles. The van der Waals surface area contributed by atoms with Gasteiger partial charge in [-0.15, -0.1) is 4.91 Å². The number of nitroso groups, excluding NO2 is 1. The first-order chi connectivity index (χ1) is 9.73. The summed E-state index contributed by atoms with van der Waals surface area (Å²) in [5.41, 5.74) is 0.939. The molecule has 1 aliphatic carbocycles. The van der Waals surface area contributed by atoms with E-state index in [4.69, 9.17) is 4.74 Å². The fraction of sp³-hybridized carbons (Fsp3) is 0.600. The Kier molecular flexibility index (Phi) is 3.61. The van der Waals surface area contributed by atoms with Gasteiger partial charge in [-0.1, -0.05) is 31.4 Å². The molecule has 0 amide bonds. The Hall–Kier alpha value is -1.62. The molecule has 2 fully saturated rings. The average molecular weight is 276 g/mol. The minimum atomic E-state index is -0.170. The summed E-state index contributed by atoms with van der Waals surface area (Å²) in [6.45, 7) is 0.881. The van der Waals surface area contributed by atoms with Crippen LogP contribution in [0, 0.1) is 4.91 Å². The zero-order chi connectivity index (χ0) is 14.0. The Bertz CT molecular complexity index is 469. The van der Waals surface area contributed by atoms with E-state index in [9.17, 15) is 10.0 Å². The molecule has 1 heterocycles. The number of hydrogen-bond donors (Lipinski definition) is 1. The summed E-state index contributed by atoms with van der Waals surface area (Å²) in [6.07, 6.45) is 5.66. The van der Waals surface area contributed by atoms with E-state index in [0.717, 1.165) is 18.4 Å². The molecule has 1 aromatic carbocycles. The third-order valence-electron chi connectivity index (χ3n) is 4.64. The van der Waals surface area contributed by atoms with E-state index in [1.54, 1.807) is 12.1 Å². The molecule has 3 rings (SSSR count). The fourth-order valence-corrected chi connectivity index (χ4v) is 3.55. The first-order valence-electron chi connectivity index (χ1n) is 7.25. The molecule has 0 aromatic heterocycles. The van der Waals surface area contributed by atoms with Crippen LogP contribution in [0.1, 0.15) is 43.6 Å². The number of phenols is 1. The maximum atomic E-state index is 10.8. The van der Waals surface area contributed by atoms with Crippen LogP contribution in [-0.2, 0) is 4.74 Å². The van der Waals surface area contributed by atoms with Crippen molar-refractivity contribution in [3.8, 4) is 5.75 Å². The van der Waals surface area contributed by atoms with Crippen LogP contribution in [-0.4, -0.2) is 29.0 Å². The van der Waals surface area contributed by atoms with Crippen molar-refractivity contribution in [2.75, 3.05) is 13.3 Å². The lowest BCUT2D eigenvalue weighted by molar-refractivity contribution is -0.167. The molecular formula is C15H20N2O3. The maximum Gasteiger partial charge on any atom is 0.138 e. The summed E-state index contributed by atoms with van der Waals surface area (Å²) in [4.78, 5) is 10.8. The second-order valence-corrected chi connectivity index (χ2v) is 5.81. The van der Waals surface area contributed by atoms with Crippen molar-refractivity contribution >= 4 is 0 Å². The van der Waals surface area contributed by atoms with Crippen LogP contribution in [0.5, 0.6) is 5.75 Å². The van der Waals surface area contributed by atoms with Gasteiger partial charge in [0.1, 0.15) is 12.5 Å². The van der Waals surface area contributed by atoms with Crippen LogP contribution in [0.2, 0.25) is 0 Å². The van der Waals surface area contributed by atoms with Crippen LogP contribution in [0.4, 0.5) is 0 Å².